The highest BCUT2D eigenvalue weighted by Gasteiger charge is 2.54. The predicted octanol–water partition coefficient (Wildman–Crippen LogP) is 2.63. The highest BCUT2D eigenvalue weighted by atomic mass is 16.5. The Bertz CT molecular complexity index is 685. The van der Waals surface area contributed by atoms with Gasteiger partial charge >= 0.3 is 0 Å². The van der Waals surface area contributed by atoms with Gasteiger partial charge in [0.25, 0.3) is 0 Å². The molecule has 25 heavy (non-hydrogen) atoms. The Kier molecular flexibility index (Phi) is 4.52. The Morgan fingerprint density at radius 1 is 1.44 bits per heavy atom. The zero-order valence-corrected chi connectivity index (χ0v) is 15.6. The molecule has 0 bridgehead atoms. The summed E-state index contributed by atoms with van der Waals surface area (Å²) in [6.07, 6.45) is 2.96. The summed E-state index contributed by atoms with van der Waals surface area (Å²) in [6, 6.07) is 7.87. The Morgan fingerprint density at radius 2 is 2.20 bits per heavy atom. The van der Waals surface area contributed by atoms with Gasteiger partial charge in [0, 0.05) is 24.5 Å². The number of hydrogen-bond acceptors (Lipinski definition) is 3. The summed E-state index contributed by atoms with van der Waals surface area (Å²) >= 11 is 0. The van der Waals surface area contributed by atoms with Crippen LogP contribution in [0.1, 0.15) is 52.0 Å². The third-order valence-electron chi connectivity index (χ3n) is 5.87. The summed E-state index contributed by atoms with van der Waals surface area (Å²) in [5, 5.41) is 3.21. The molecular formula is C20H28N2O3. The first-order chi connectivity index (χ1) is 11.8. The van der Waals surface area contributed by atoms with Crippen LogP contribution in [0.2, 0.25) is 0 Å². The van der Waals surface area contributed by atoms with E-state index in [0.717, 1.165) is 24.2 Å². The van der Waals surface area contributed by atoms with Crippen LogP contribution in [0.4, 0.5) is 0 Å². The van der Waals surface area contributed by atoms with E-state index >= 15 is 0 Å². The van der Waals surface area contributed by atoms with Crippen molar-refractivity contribution >= 4 is 11.8 Å². The van der Waals surface area contributed by atoms with Crippen LogP contribution in [-0.2, 0) is 15.0 Å². The zero-order chi connectivity index (χ0) is 18.2. The molecule has 2 atom stereocenters. The van der Waals surface area contributed by atoms with Crippen LogP contribution in [0.25, 0.3) is 0 Å². The maximum atomic E-state index is 13.4. The smallest absolute Gasteiger partial charge is 0.232 e. The highest BCUT2D eigenvalue weighted by molar-refractivity contribution is 5.92. The Balaban J connectivity index is 2.00. The predicted molar refractivity (Wildman–Crippen MR) is 96.5 cm³/mol. The van der Waals surface area contributed by atoms with Crippen molar-refractivity contribution in [2.75, 3.05) is 13.7 Å². The number of nitrogens with one attached hydrogen (secondary N) is 1. The van der Waals surface area contributed by atoms with Crippen molar-refractivity contribution in [3.8, 4) is 5.75 Å². The van der Waals surface area contributed by atoms with E-state index in [4.69, 9.17) is 4.74 Å². The zero-order valence-electron chi connectivity index (χ0n) is 15.6. The van der Waals surface area contributed by atoms with Crippen molar-refractivity contribution in [2.45, 2.75) is 63.5 Å². The molecule has 0 saturated carbocycles. The topological polar surface area (TPSA) is 58.6 Å². The van der Waals surface area contributed by atoms with Crippen molar-refractivity contribution in [2.24, 2.45) is 0 Å². The van der Waals surface area contributed by atoms with Crippen molar-refractivity contribution in [1.29, 1.82) is 0 Å². The quantitative estimate of drug-likeness (QED) is 0.893. The molecule has 3 rings (SSSR count). The third kappa shape index (κ3) is 3.12. The normalized spacial score (nSPS) is 25.8. The number of carbonyl (C=O) groups is 2. The molecule has 5 heteroatoms. The molecule has 0 aliphatic carbocycles. The lowest BCUT2D eigenvalue weighted by Crippen LogP contribution is -2.53. The number of fused-ring (bicyclic) bond motifs is 1. The fraction of sp³-hybridized carbons (Fsp3) is 0.600. The Labute approximate surface area is 149 Å². The first-order valence-corrected chi connectivity index (χ1v) is 9.08. The summed E-state index contributed by atoms with van der Waals surface area (Å²) in [4.78, 5) is 27.5. The molecule has 2 fully saturated rings. The molecule has 2 saturated heterocycles. The number of amides is 2. The van der Waals surface area contributed by atoms with E-state index in [-0.39, 0.29) is 23.4 Å². The second-order valence-corrected chi connectivity index (χ2v) is 7.92. The van der Waals surface area contributed by atoms with Gasteiger partial charge in [0.1, 0.15) is 5.75 Å². The van der Waals surface area contributed by atoms with E-state index in [0.29, 0.717) is 19.4 Å². The van der Waals surface area contributed by atoms with Crippen LogP contribution in [0.5, 0.6) is 5.75 Å². The van der Waals surface area contributed by atoms with E-state index in [9.17, 15) is 9.59 Å². The number of hydrogen-bond donors (Lipinski definition) is 1. The molecule has 1 N–H and O–H groups in total. The SMILES string of the molecule is CCC(C)(C)NC(=O)[C@@]1(c2cccc(OC)c2)C[C@@H]2CCC(=O)N2C1. The van der Waals surface area contributed by atoms with Gasteiger partial charge in [-0.3, -0.25) is 9.59 Å². The lowest BCUT2D eigenvalue weighted by Gasteiger charge is -2.34. The first kappa shape index (κ1) is 17.8. The third-order valence-corrected chi connectivity index (χ3v) is 5.87. The molecule has 1 aromatic rings. The molecule has 0 spiro atoms. The molecule has 2 heterocycles. The highest BCUT2D eigenvalue weighted by Crippen LogP contribution is 2.44. The van der Waals surface area contributed by atoms with Gasteiger partial charge in [-0.15, -0.1) is 0 Å². The van der Waals surface area contributed by atoms with Gasteiger partial charge in [-0.2, -0.15) is 0 Å². The maximum Gasteiger partial charge on any atom is 0.232 e. The summed E-state index contributed by atoms with van der Waals surface area (Å²) in [7, 11) is 1.63. The number of methoxy groups -OCH3 is 1. The van der Waals surface area contributed by atoms with Crippen molar-refractivity contribution in [1.82, 2.24) is 10.2 Å². The van der Waals surface area contributed by atoms with Crippen LogP contribution in [0, 0.1) is 0 Å². The fourth-order valence-electron chi connectivity index (χ4n) is 3.92. The largest absolute Gasteiger partial charge is 0.497 e. The molecule has 2 amide bonds. The summed E-state index contributed by atoms with van der Waals surface area (Å²) in [5.74, 6) is 0.907. The van der Waals surface area contributed by atoms with Gasteiger partial charge in [-0.05, 0) is 50.8 Å². The monoisotopic (exact) mass is 344 g/mol. The number of benzene rings is 1. The minimum Gasteiger partial charge on any atom is -0.497 e. The molecule has 1 aromatic carbocycles. The number of carbonyl (C=O) groups excluding carboxylic acids is 2. The lowest BCUT2D eigenvalue weighted by molar-refractivity contribution is -0.130. The van der Waals surface area contributed by atoms with E-state index in [2.05, 4.69) is 12.2 Å². The van der Waals surface area contributed by atoms with Gasteiger partial charge in [0.15, 0.2) is 0 Å². The van der Waals surface area contributed by atoms with Crippen molar-refractivity contribution in [3.05, 3.63) is 29.8 Å². The average molecular weight is 344 g/mol. The lowest BCUT2D eigenvalue weighted by atomic mass is 9.76. The number of nitrogens with zero attached hydrogens (tertiary/aromatic N) is 1. The molecule has 0 aromatic heterocycles. The molecular weight excluding hydrogens is 316 g/mol. The van der Waals surface area contributed by atoms with Crippen LogP contribution < -0.4 is 10.1 Å². The van der Waals surface area contributed by atoms with Crippen LogP contribution >= 0.6 is 0 Å². The van der Waals surface area contributed by atoms with Crippen LogP contribution in [-0.4, -0.2) is 41.9 Å². The van der Waals surface area contributed by atoms with Gasteiger partial charge in [-0.1, -0.05) is 19.1 Å². The first-order valence-electron chi connectivity index (χ1n) is 9.08. The Morgan fingerprint density at radius 3 is 2.84 bits per heavy atom. The van der Waals surface area contributed by atoms with E-state index in [1.165, 1.54) is 0 Å². The van der Waals surface area contributed by atoms with Crippen LogP contribution in [0.15, 0.2) is 24.3 Å². The van der Waals surface area contributed by atoms with Crippen molar-refractivity contribution in [3.63, 3.8) is 0 Å². The van der Waals surface area contributed by atoms with E-state index in [1.54, 1.807) is 7.11 Å². The summed E-state index contributed by atoms with van der Waals surface area (Å²) < 4.78 is 5.36. The average Bonchev–Trinajstić information content (AvgIpc) is 3.15. The number of ether oxygens (including phenoxy) is 1. The molecule has 0 unspecified atom stereocenters. The summed E-state index contributed by atoms with van der Waals surface area (Å²) in [5.41, 5.74) is -0.0553. The standard InChI is InChI=1S/C20H28N2O3/c1-5-19(2,3)21-18(24)20(14-7-6-8-16(11-14)25-4)12-15-9-10-17(23)22(15)13-20/h6-8,11,15H,5,9-10,12-13H2,1-4H3,(H,21,24)/t15-,20-/m0/s1. The van der Waals surface area contributed by atoms with E-state index in [1.807, 2.05) is 43.0 Å². The maximum absolute atomic E-state index is 13.4. The molecule has 2 aliphatic rings. The molecule has 136 valence electrons. The minimum absolute atomic E-state index is 0.00908. The van der Waals surface area contributed by atoms with Gasteiger partial charge < -0.3 is 15.0 Å². The molecule has 0 radical (unpaired) electrons. The fourth-order valence-corrected chi connectivity index (χ4v) is 3.92. The van der Waals surface area contributed by atoms with E-state index < -0.39 is 5.41 Å². The van der Waals surface area contributed by atoms with Crippen molar-refractivity contribution < 1.29 is 14.3 Å². The van der Waals surface area contributed by atoms with Crippen LogP contribution in [0.3, 0.4) is 0 Å². The van der Waals surface area contributed by atoms with Gasteiger partial charge in [-0.25, -0.2) is 0 Å². The molecule has 5 nitrogen and oxygen atoms in total. The van der Waals surface area contributed by atoms with Gasteiger partial charge in [0.2, 0.25) is 11.8 Å². The number of rotatable bonds is 5. The molecule has 2 aliphatic heterocycles. The Hall–Kier alpha value is -2.04. The van der Waals surface area contributed by atoms with Gasteiger partial charge in [0.05, 0.1) is 12.5 Å². The minimum atomic E-state index is -0.707. The second-order valence-electron chi connectivity index (χ2n) is 7.92. The summed E-state index contributed by atoms with van der Waals surface area (Å²) in [6.45, 7) is 6.58. The second kappa shape index (κ2) is 6.36.